The van der Waals surface area contributed by atoms with Crippen LogP contribution in [0.25, 0.3) is 0 Å². The summed E-state index contributed by atoms with van der Waals surface area (Å²) >= 11 is 0. The largest absolute Gasteiger partial charge is 0.481 e. The van der Waals surface area contributed by atoms with Crippen LogP contribution in [-0.4, -0.2) is 40.1 Å². The first kappa shape index (κ1) is 25.5. The van der Waals surface area contributed by atoms with E-state index in [9.17, 15) is 14.4 Å². The molecule has 9 atom stereocenters. The van der Waals surface area contributed by atoms with Gasteiger partial charge in [0.25, 0.3) is 0 Å². The van der Waals surface area contributed by atoms with E-state index < -0.39 is 18.0 Å². The Kier molecular flexibility index (Phi) is 7.33. The zero-order valence-corrected chi connectivity index (χ0v) is 20.9. The summed E-state index contributed by atoms with van der Waals surface area (Å²) < 4.78 is 0. The zero-order valence-electron chi connectivity index (χ0n) is 20.9. The molecule has 0 aliphatic heterocycles. The molecule has 0 aromatic rings. The van der Waals surface area contributed by atoms with Gasteiger partial charge in [-0.05, 0) is 111 Å². The van der Waals surface area contributed by atoms with Gasteiger partial charge >= 0.3 is 11.9 Å². The predicted molar refractivity (Wildman–Crippen MR) is 129 cm³/mol. The standard InChI is InChI=1S/C27H44N2O5/c1-26-13-11-21-19(20(26)9-7-16(26)4-3-5-24(31)32)8-6-17-14-18(10-12-27(17,21)2)29-23(30)15-22(28)25(33)34/h16-22H,3-15,28H2,1-2H3,(H,29,30)(H,31,32)(H,33,34). The molecule has 5 N–H and O–H groups in total. The lowest BCUT2D eigenvalue weighted by atomic mass is 9.44. The molecule has 0 saturated heterocycles. The van der Waals surface area contributed by atoms with Gasteiger partial charge in [0.15, 0.2) is 0 Å². The molecule has 4 aliphatic rings. The minimum absolute atomic E-state index is 0.127. The molecule has 7 heteroatoms. The maximum Gasteiger partial charge on any atom is 0.321 e. The normalized spacial score (nSPS) is 42.1. The van der Waals surface area contributed by atoms with Gasteiger partial charge in [-0.1, -0.05) is 13.8 Å². The quantitative estimate of drug-likeness (QED) is 0.416. The van der Waals surface area contributed by atoms with Gasteiger partial charge in [0, 0.05) is 12.5 Å². The molecule has 9 unspecified atom stereocenters. The molecule has 4 aliphatic carbocycles. The SMILES string of the molecule is CC12CCC3C(CCC4CC(NC(=O)CC(N)C(=O)O)CCC43C)C1CCC2CCCC(=O)O. The summed E-state index contributed by atoms with van der Waals surface area (Å²) in [5.74, 6) is 1.53. The number of aliphatic carboxylic acids is 2. The molecule has 4 saturated carbocycles. The van der Waals surface area contributed by atoms with Crippen LogP contribution in [0, 0.1) is 40.4 Å². The van der Waals surface area contributed by atoms with Crippen molar-refractivity contribution in [3.63, 3.8) is 0 Å². The number of carbonyl (C=O) groups excluding carboxylic acids is 1. The van der Waals surface area contributed by atoms with Crippen LogP contribution in [0.3, 0.4) is 0 Å². The van der Waals surface area contributed by atoms with Crippen LogP contribution < -0.4 is 11.1 Å². The fourth-order valence-corrected chi connectivity index (χ4v) is 9.05. The number of rotatable bonds is 8. The Morgan fingerprint density at radius 3 is 2.38 bits per heavy atom. The van der Waals surface area contributed by atoms with Gasteiger partial charge in [0.05, 0.1) is 6.42 Å². The number of carboxylic acid groups (broad SMARTS) is 2. The number of nitrogens with one attached hydrogen (secondary N) is 1. The topological polar surface area (TPSA) is 130 Å². The first-order valence-electron chi connectivity index (χ1n) is 13.5. The van der Waals surface area contributed by atoms with E-state index in [4.69, 9.17) is 15.9 Å². The van der Waals surface area contributed by atoms with Crippen molar-refractivity contribution in [2.24, 2.45) is 46.2 Å². The highest BCUT2D eigenvalue weighted by atomic mass is 16.4. The maximum atomic E-state index is 12.3. The van der Waals surface area contributed by atoms with E-state index in [-0.39, 0.29) is 18.4 Å². The Morgan fingerprint density at radius 1 is 0.971 bits per heavy atom. The van der Waals surface area contributed by atoms with Crippen LogP contribution in [0.5, 0.6) is 0 Å². The average Bonchev–Trinajstić information content (AvgIpc) is 3.10. The van der Waals surface area contributed by atoms with Crippen molar-refractivity contribution in [1.82, 2.24) is 5.32 Å². The summed E-state index contributed by atoms with van der Waals surface area (Å²) in [5.41, 5.74) is 6.24. The van der Waals surface area contributed by atoms with Crippen molar-refractivity contribution in [3.8, 4) is 0 Å². The van der Waals surface area contributed by atoms with E-state index in [0.29, 0.717) is 29.1 Å². The van der Waals surface area contributed by atoms with E-state index in [1.54, 1.807) is 0 Å². The Bertz CT molecular complexity index is 802. The van der Waals surface area contributed by atoms with Gasteiger partial charge in [0.2, 0.25) is 5.91 Å². The number of fused-ring (bicyclic) bond motifs is 5. The molecule has 7 nitrogen and oxygen atoms in total. The van der Waals surface area contributed by atoms with E-state index in [1.165, 1.54) is 38.5 Å². The first-order valence-corrected chi connectivity index (χ1v) is 13.5. The summed E-state index contributed by atoms with van der Waals surface area (Å²) in [6, 6.07) is -1.01. The lowest BCUT2D eigenvalue weighted by Gasteiger charge is -2.61. The van der Waals surface area contributed by atoms with Crippen LogP contribution in [-0.2, 0) is 14.4 Å². The summed E-state index contributed by atoms with van der Waals surface area (Å²) in [6.07, 6.45) is 12.7. The number of nitrogens with two attached hydrogens (primary N) is 1. The molecule has 192 valence electrons. The highest BCUT2D eigenvalue weighted by Gasteiger charge is 2.59. The second-order valence-corrected chi connectivity index (χ2v) is 12.4. The van der Waals surface area contributed by atoms with Crippen molar-refractivity contribution >= 4 is 17.8 Å². The highest BCUT2D eigenvalue weighted by Crippen LogP contribution is 2.67. The molecule has 4 rings (SSSR count). The summed E-state index contributed by atoms with van der Waals surface area (Å²) in [6.45, 7) is 5.02. The fraction of sp³-hybridized carbons (Fsp3) is 0.889. The van der Waals surface area contributed by atoms with Gasteiger partial charge in [-0.2, -0.15) is 0 Å². The van der Waals surface area contributed by atoms with E-state index in [1.807, 2.05) is 0 Å². The van der Waals surface area contributed by atoms with E-state index in [0.717, 1.165) is 49.9 Å². The molecule has 0 spiro atoms. The summed E-state index contributed by atoms with van der Waals surface area (Å²) in [5, 5.41) is 21.1. The molecule has 0 bridgehead atoms. The smallest absolute Gasteiger partial charge is 0.321 e. The van der Waals surface area contributed by atoms with Crippen molar-refractivity contribution in [3.05, 3.63) is 0 Å². The molecule has 1 amide bonds. The summed E-state index contributed by atoms with van der Waals surface area (Å²) in [7, 11) is 0. The Labute approximate surface area is 203 Å². The minimum atomic E-state index is -1.14. The van der Waals surface area contributed by atoms with Crippen LogP contribution in [0.15, 0.2) is 0 Å². The Morgan fingerprint density at radius 2 is 1.68 bits per heavy atom. The molecule has 0 aromatic carbocycles. The van der Waals surface area contributed by atoms with E-state index >= 15 is 0 Å². The van der Waals surface area contributed by atoms with E-state index in [2.05, 4.69) is 19.2 Å². The van der Waals surface area contributed by atoms with Crippen molar-refractivity contribution in [2.75, 3.05) is 0 Å². The molecular formula is C27H44N2O5. The monoisotopic (exact) mass is 476 g/mol. The summed E-state index contributed by atoms with van der Waals surface area (Å²) in [4.78, 5) is 34.3. The van der Waals surface area contributed by atoms with Gasteiger partial charge in [-0.15, -0.1) is 0 Å². The van der Waals surface area contributed by atoms with Crippen LogP contribution in [0.1, 0.15) is 97.3 Å². The van der Waals surface area contributed by atoms with Crippen LogP contribution in [0.4, 0.5) is 0 Å². The molecule has 0 heterocycles. The number of hydrogen-bond donors (Lipinski definition) is 4. The lowest BCUT2D eigenvalue weighted by Crippen LogP contribution is -2.55. The predicted octanol–water partition coefficient (Wildman–Crippen LogP) is 4.19. The van der Waals surface area contributed by atoms with Crippen molar-refractivity contribution < 1.29 is 24.6 Å². The molecule has 0 radical (unpaired) electrons. The van der Waals surface area contributed by atoms with Crippen molar-refractivity contribution in [1.29, 1.82) is 0 Å². The van der Waals surface area contributed by atoms with Crippen LogP contribution in [0.2, 0.25) is 0 Å². The molecule has 4 fully saturated rings. The van der Waals surface area contributed by atoms with Crippen molar-refractivity contribution in [2.45, 2.75) is 109 Å². The second-order valence-electron chi connectivity index (χ2n) is 12.4. The molecule has 0 aromatic heterocycles. The van der Waals surface area contributed by atoms with Gasteiger partial charge in [-0.25, -0.2) is 0 Å². The maximum absolute atomic E-state index is 12.3. The average molecular weight is 477 g/mol. The Hall–Kier alpha value is -1.63. The van der Waals surface area contributed by atoms with Crippen LogP contribution >= 0.6 is 0 Å². The number of carbonyl (C=O) groups is 3. The third kappa shape index (κ3) is 4.74. The van der Waals surface area contributed by atoms with Gasteiger partial charge in [0.1, 0.15) is 6.04 Å². The zero-order chi connectivity index (χ0) is 24.7. The molecular weight excluding hydrogens is 432 g/mol. The third-order valence-corrected chi connectivity index (χ3v) is 10.9. The number of hydrogen-bond acceptors (Lipinski definition) is 4. The third-order valence-electron chi connectivity index (χ3n) is 10.9. The van der Waals surface area contributed by atoms with Gasteiger partial charge < -0.3 is 21.3 Å². The first-order chi connectivity index (χ1) is 16.0. The highest BCUT2D eigenvalue weighted by molar-refractivity contribution is 5.84. The second kappa shape index (κ2) is 9.79. The van der Waals surface area contributed by atoms with Gasteiger partial charge in [-0.3, -0.25) is 14.4 Å². The number of amides is 1. The fourth-order valence-electron chi connectivity index (χ4n) is 9.05. The lowest BCUT2D eigenvalue weighted by molar-refractivity contribution is -0.141. The Balaban J connectivity index is 1.37. The molecule has 34 heavy (non-hydrogen) atoms. The number of carboxylic acids is 2. The minimum Gasteiger partial charge on any atom is -0.481 e.